The third kappa shape index (κ3) is 4.34. The molecular formula is C21H27N3O2. The Kier molecular flexibility index (Phi) is 5.76. The largest absolute Gasteiger partial charge is 0.371 e. The van der Waals surface area contributed by atoms with Crippen LogP contribution in [0.2, 0.25) is 0 Å². The second-order valence-corrected chi connectivity index (χ2v) is 7.12. The lowest BCUT2D eigenvalue weighted by Crippen LogP contribution is -2.34. The molecule has 5 nitrogen and oxygen atoms in total. The molecule has 0 unspecified atom stereocenters. The van der Waals surface area contributed by atoms with Gasteiger partial charge in [-0.1, -0.05) is 24.3 Å². The first-order chi connectivity index (χ1) is 12.5. The van der Waals surface area contributed by atoms with Crippen molar-refractivity contribution in [1.29, 1.82) is 0 Å². The summed E-state index contributed by atoms with van der Waals surface area (Å²) in [5.74, 6) is 0.587. The summed E-state index contributed by atoms with van der Waals surface area (Å²) in [7, 11) is 1.87. The first-order valence-corrected chi connectivity index (χ1v) is 9.25. The lowest BCUT2D eigenvalue weighted by atomic mass is 10.1. The summed E-state index contributed by atoms with van der Waals surface area (Å²) in [6.07, 6.45) is 1.46. The normalized spacial score (nSPS) is 16.7. The number of hydrogen-bond acceptors (Lipinski definition) is 3. The van der Waals surface area contributed by atoms with E-state index in [1.54, 1.807) is 10.6 Å². The molecule has 138 valence electrons. The van der Waals surface area contributed by atoms with E-state index in [9.17, 15) is 9.59 Å². The summed E-state index contributed by atoms with van der Waals surface area (Å²) in [6, 6.07) is 15.6. The lowest BCUT2D eigenvalue weighted by Gasteiger charge is -2.23. The van der Waals surface area contributed by atoms with Crippen LogP contribution in [0.15, 0.2) is 53.3 Å². The molecule has 1 fully saturated rings. The van der Waals surface area contributed by atoms with Crippen LogP contribution in [0.3, 0.4) is 0 Å². The monoisotopic (exact) mass is 353 g/mol. The van der Waals surface area contributed by atoms with Gasteiger partial charge in [-0.15, -0.1) is 0 Å². The van der Waals surface area contributed by atoms with E-state index in [4.69, 9.17) is 0 Å². The van der Waals surface area contributed by atoms with Crippen LogP contribution in [0.25, 0.3) is 0 Å². The molecule has 5 heteroatoms. The third-order valence-corrected chi connectivity index (χ3v) is 5.18. The van der Waals surface area contributed by atoms with Crippen LogP contribution in [-0.2, 0) is 11.3 Å². The average Bonchev–Trinajstić information content (AvgIpc) is 3.10. The standard InChI is InChI=1S/C21H27N3O2/c1-17-7-6-10-21(26)24(17)14-12-20(25)22(2)15-18-11-13-23(16-18)19-8-4-3-5-9-19/h3-10,18H,11-16H2,1-2H3/t18-/m0/s1. The molecule has 0 saturated carbocycles. The molecule has 1 aromatic heterocycles. The van der Waals surface area contributed by atoms with E-state index in [-0.39, 0.29) is 11.5 Å². The Morgan fingerprint density at radius 2 is 1.92 bits per heavy atom. The van der Waals surface area contributed by atoms with Gasteiger partial charge in [0.05, 0.1) is 0 Å². The van der Waals surface area contributed by atoms with Crippen molar-refractivity contribution in [3.63, 3.8) is 0 Å². The molecule has 2 heterocycles. The number of amides is 1. The zero-order valence-electron chi connectivity index (χ0n) is 15.6. The molecule has 0 aliphatic carbocycles. The first-order valence-electron chi connectivity index (χ1n) is 9.25. The van der Waals surface area contributed by atoms with E-state index in [0.717, 1.165) is 31.7 Å². The molecule has 1 aliphatic heterocycles. The summed E-state index contributed by atoms with van der Waals surface area (Å²) in [5, 5.41) is 0. The summed E-state index contributed by atoms with van der Waals surface area (Å²) < 4.78 is 1.67. The van der Waals surface area contributed by atoms with Crippen LogP contribution in [-0.4, -0.2) is 42.1 Å². The smallest absolute Gasteiger partial charge is 0.250 e. The zero-order valence-corrected chi connectivity index (χ0v) is 15.6. The predicted octanol–water partition coefficient (Wildman–Crippen LogP) is 2.53. The van der Waals surface area contributed by atoms with Crippen LogP contribution in [0, 0.1) is 12.8 Å². The molecule has 1 aromatic carbocycles. The van der Waals surface area contributed by atoms with Gasteiger partial charge in [-0.25, -0.2) is 0 Å². The number of nitrogens with zero attached hydrogens (tertiary/aromatic N) is 3. The number of hydrogen-bond donors (Lipinski definition) is 0. The fourth-order valence-corrected chi connectivity index (χ4v) is 3.65. The molecule has 2 aromatic rings. The lowest BCUT2D eigenvalue weighted by molar-refractivity contribution is -0.130. The fourth-order valence-electron chi connectivity index (χ4n) is 3.65. The second-order valence-electron chi connectivity index (χ2n) is 7.12. The van der Waals surface area contributed by atoms with E-state index in [2.05, 4.69) is 29.2 Å². The first kappa shape index (κ1) is 18.2. The molecule has 1 atom stereocenters. The Morgan fingerprint density at radius 1 is 1.15 bits per heavy atom. The Hall–Kier alpha value is -2.56. The highest BCUT2D eigenvalue weighted by Crippen LogP contribution is 2.24. The van der Waals surface area contributed by atoms with Gasteiger partial charge < -0.3 is 14.4 Å². The molecule has 0 spiro atoms. The highest BCUT2D eigenvalue weighted by Gasteiger charge is 2.25. The number of carbonyl (C=O) groups is 1. The molecule has 0 bridgehead atoms. The third-order valence-electron chi connectivity index (χ3n) is 5.18. The Bertz CT molecular complexity index is 800. The minimum atomic E-state index is -0.0465. The van der Waals surface area contributed by atoms with Gasteiger partial charge in [0, 0.05) is 57.1 Å². The molecular weight excluding hydrogens is 326 g/mol. The molecule has 0 N–H and O–H groups in total. The van der Waals surface area contributed by atoms with Crippen molar-refractivity contribution in [2.45, 2.75) is 26.3 Å². The van der Waals surface area contributed by atoms with E-state index >= 15 is 0 Å². The van der Waals surface area contributed by atoms with Crippen LogP contribution in [0.4, 0.5) is 5.69 Å². The Morgan fingerprint density at radius 3 is 2.65 bits per heavy atom. The minimum Gasteiger partial charge on any atom is -0.371 e. The van der Waals surface area contributed by atoms with Crippen molar-refractivity contribution in [2.75, 3.05) is 31.6 Å². The van der Waals surface area contributed by atoms with Gasteiger partial charge in [-0.2, -0.15) is 0 Å². The molecule has 1 aliphatic rings. The highest BCUT2D eigenvalue weighted by molar-refractivity contribution is 5.75. The summed E-state index contributed by atoms with van der Waals surface area (Å²) in [6.45, 7) is 5.13. The minimum absolute atomic E-state index is 0.0465. The molecule has 26 heavy (non-hydrogen) atoms. The number of carbonyl (C=O) groups excluding carboxylic acids is 1. The van der Waals surface area contributed by atoms with Crippen LogP contribution < -0.4 is 10.5 Å². The van der Waals surface area contributed by atoms with Crippen molar-refractivity contribution in [3.05, 3.63) is 64.6 Å². The van der Waals surface area contributed by atoms with Gasteiger partial charge in [0.1, 0.15) is 0 Å². The van der Waals surface area contributed by atoms with Gasteiger partial charge in [-0.05, 0) is 37.5 Å². The molecule has 0 radical (unpaired) electrons. The maximum atomic E-state index is 12.5. The summed E-state index contributed by atoms with van der Waals surface area (Å²) >= 11 is 0. The van der Waals surface area contributed by atoms with Gasteiger partial charge >= 0.3 is 0 Å². The molecule has 1 saturated heterocycles. The van der Waals surface area contributed by atoms with Crippen molar-refractivity contribution < 1.29 is 4.79 Å². The van der Waals surface area contributed by atoms with E-state index in [0.29, 0.717) is 18.9 Å². The van der Waals surface area contributed by atoms with Gasteiger partial charge in [0.15, 0.2) is 0 Å². The Balaban J connectivity index is 1.50. The van der Waals surface area contributed by atoms with Gasteiger partial charge in [0.25, 0.3) is 5.56 Å². The number of pyridine rings is 1. The van der Waals surface area contributed by atoms with Crippen LogP contribution >= 0.6 is 0 Å². The highest BCUT2D eigenvalue weighted by atomic mass is 16.2. The molecule has 1 amide bonds. The van der Waals surface area contributed by atoms with Crippen LogP contribution in [0.5, 0.6) is 0 Å². The van der Waals surface area contributed by atoms with Crippen molar-refractivity contribution in [1.82, 2.24) is 9.47 Å². The fraction of sp³-hybridized carbons (Fsp3) is 0.429. The van der Waals surface area contributed by atoms with Gasteiger partial charge in [0.2, 0.25) is 5.91 Å². The number of aryl methyl sites for hydroxylation is 1. The summed E-state index contributed by atoms with van der Waals surface area (Å²) in [5.41, 5.74) is 2.10. The van der Waals surface area contributed by atoms with Crippen molar-refractivity contribution in [3.8, 4) is 0 Å². The predicted molar refractivity (Wildman–Crippen MR) is 104 cm³/mol. The van der Waals surface area contributed by atoms with Crippen molar-refractivity contribution >= 4 is 11.6 Å². The van der Waals surface area contributed by atoms with Crippen molar-refractivity contribution in [2.24, 2.45) is 5.92 Å². The number of rotatable bonds is 6. The van der Waals surface area contributed by atoms with Gasteiger partial charge in [-0.3, -0.25) is 9.59 Å². The zero-order chi connectivity index (χ0) is 18.5. The van der Waals surface area contributed by atoms with Crippen LogP contribution in [0.1, 0.15) is 18.5 Å². The summed E-state index contributed by atoms with van der Waals surface area (Å²) in [4.78, 5) is 28.6. The topological polar surface area (TPSA) is 45.6 Å². The van der Waals surface area contributed by atoms with E-state index in [1.807, 2.05) is 31.0 Å². The maximum Gasteiger partial charge on any atom is 0.250 e. The number of para-hydroxylation sites is 1. The quantitative estimate of drug-likeness (QED) is 0.802. The number of aromatic nitrogens is 1. The SMILES string of the molecule is Cc1cccc(=O)n1CCC(=O)N(C)C[C@@H]1CCN(c2ccccc2)C1. The maximum absolute atomic E-state index is 12.5. The number of benzene rings is 1. The van der Waals surface area contributed by atoms with E-state index in [1.165, 1.54) is 11.8 Å². The molecule has 3 rings (SSSR count). The average molecular weight is 353 g/mol. The van der Waals surface area contributed by atoms with E-state index < -0.39 is 0 Å². The Labute approximate surface area is 154 Å². The second kappa shape index (κ2) is 8.21. The number of anilines is 1.